The number of hydrogen-bond acceptors (Lipinski definition) is 6. The number of thiophene rings is 1. The van der Waals surface area contributed by atoms with Crippen LogP contribution in [0.3, 0.4) is 0 Å². The molecule has 144 valence electrons. The second-order valence-electron chi connectivity index (χ2n) is 7.34. The second-order valence-corrected chi connectivity index (χ2v) is 8.42. The van der Waals surface area contributed by atoms with Crippen molar-refractivity contribution in [2.75, 3.05) is 49.1 Å². The van der Waals surface area contributed by atoms with E-state index < -0.39 is 0 Å². The van der Waals surface area contributed by atoms with Crippen LogP contribution in [0.25, 0.3) is 10.1 Å². The molecule has 0 bridgehead atoms. The van der Waals surface area contributed by atoms with Crippen molar-refractivity contribution in [1.82, 2.24) is 14.9 Å². The first-order valence-electron chi connectivity index (χ1n) is 9.89. The minimum Gasteiger partial charge on any atom is -0.353 e. The van der Waals surface area contributed by atoms with E-state index >= 15 is 0 Å². The molecule has 0 N–H and O–H groups in total. The van der Waals surface area contributed by atoms with E-state index in [1.165, 1.54) is 17.5 Å². The van der Waals surface area contributed by atoms with E-state index in [-0.39, 0.29) is 5.91 Å². The summed E-state index contributed by atoms with van der Waals surface area (Å²) >= 11 is 1.58. The van der Waals surface area contributed by atoms with Gasteiger partial charge in [-0.1, -0.05) is 18.2 Å². The normalized spacial score (nSPS) is 17.5. The van der Waals surface area contributed by atoms with Crippen LogP contribution in [0, 0.1) is 0 Å². The Bertz CT molecular complexity index is 956. The molecule has 2 aliphatic heterocycles. The van der Waals surface area contributed by atoms with Crippen LogP contribution < -0.4 is 9.80 Å². The van der Waals surface area contributed by atoms with Crippen LogP contribution in [-0.2, 0) is 0 Å². The number of piperazine rings is 1. The van der Waals surface area contributed by atoms with Crippen LogP contribution in [0.1, 0.15) is 22.5 Å². The van der Waals surface area contributed by atoms with Crippen molar-refractivity contribution in [3.05, 3.63) is 47.5 Å². The highest BCUT2D eigenvalue weighted by Crippen LogP contribution is 2.27. The molecule has 0 radical (unpaired) electrons. The molecule has 6 nitrogen and oxygen atoms in total. The van der Waals surface area contributed by atoms with Gasteiger partial charge in [-0.25, -0.2) is 4.98 Å². The van der Waals surface area contributed by atoms with Crippen molar-refractivity contribution in [2.45, 2.75) is 12.8 Å². The summed E-state index contributed by atoms with van der Waals surface area (Å²) in [6, 6.07) is 12.2. The summed E-state index contributed by atoms with van der Waals surface area (Å²) in [4.78, 5) is 29.4. The molecular weight excluding hydrogens is 370 g/mol. The van der Waals surface area contributed by atoms with Gasteiger partial charge in [0.2, 0.25) is 5.95 Å². The maximum absolute atomic E-state index is 12.9. The zero-order chi connectivity index (χ0) is 18.9. The number of carbonyl (C=O) groups is 1. The fourth-order valence-electron chi connectivity index (χ4n) is 3.97. The zero-order valence-electron chi connectivity index (χ0n) is 15.8. The number of rotatable bonds is 3. The topological polar surface area (TPSA) is 52.6 Å². The van der Waals surface area contributed by atoms with Crippen molar-refractivity contribution in [2.24, 2.45) is 0 Å². The number of nitrogens with zero attached hydrogens (tertiary/aromatic N) is 5. The first kappa shape index (κ1) is 17.4. The smallest absolute Gasteiger partial charge is 0.264 e. The number of hydrogen-bond donors (Lipinski definition) is 0. The first-order valence-corrected chi connectivity index (χ1v) is 10.7. The van der Waals surface area contributed by atoms with Gasteiger partial charge in [-0.2, -0.15) is 4.98 Å². The minimum atomic E-state index is 0.140. The highest BCUT2D eigenvalue weighted by atomic mass is 32.1. The third-order valence-electron chi connectivity index (χ3n) is 5.54. The molecule has 2 aromatic heterocycles. The Balaban J connectivity index is 1.26. The summed E-state index contributed by atoms with van der Waals surface area (Å²) in [5.41, 5.74) is 0. The van der Waals surface area contributed by atoms with Gasteiger partial charge in [-0.3, -0.25) is 4.79 Å². The van der Waals surface area contributed by atoms with E-state index in [9.17, 15) is 4.79 Å². The fraction of sp³-hybridized carbons (Fsp3) is 0.381. The van der Waals surface area contributed by atoms with Gasteiger partial charge in [-0.15, -0.1) is 11.3 Å². The molecule has 2 aliphatic rings. The van der Waals surface area contributed by atoms with Crippen molar-refractivity contribution in [3.8, 4) is 0 Å². The standard InChI is InChI=1S/C21H23N5OS/c27-20(18-15-16-5-1-2-6-17(16)28-18)25-13-11-24(12-14-25)19-7-8-22-21(23-19)26-9-3-4-10-26/h1-2,5-8,15H,3-4,9-14H2. The molecule has 0 unspecified atom stereocenters. The number of benzene rings is 1. The van der Waals surface area contributed by atoms with E-state index in [2.05, 4.69) is 26.9 Å². The van der Waals surface area contributed by atoms with Gasteiger partial charge < -0.3 is 14.7 Å². The first-order chi connectivity index (χ1) is 13.8. The van der Waals surface area contributed by atoms with E-state index in [1.807, 2.05) is 35.4 Å². The molecule has 28 heavy (non-hydrogen) atoms. The van der Waals surface area contributed by atoms with Crippen LogP contribution in [0.15, 0.2) is 42.6 Å². The van der Waals surface area contributed by atoms with Crippen LogP contribution in [-0.4, -0.2) is 60.0 Å². The molecule has 1 amide bonds. The summed E-state index contributed by atoms with van der Waals surface area (Å²) < 4.78 is 1.17. The molecule has 0 atom stereocenters. The molecule has 4 heterocycles. The number of fused-ring (bicyclic) bond motifs is 1. The Kier molecular flexibility index (Phi) is 4.60. The van der Waals surface area contributed by atoms with Gasteiger partial charge in [-0.05, 0) is 36.4 Å². The lowest BCUT2D eigenvalue weighted by Crippen LogP contribution is -2.49. The largest absolute Gasteiger partial charge is 0.353 e. The molecule has 5 rings (SSSR count). The predicted octanol–water partition coefficient (Wildman–Crippen LogP) is 3.25. The number of aromatic nitrogens is 2. The Morgan fingerprint density at radius 2 is 1.71 bits per heavy atom. The van der Waals surface area contributed by atoms with Gasteiger partial charge in [0.05, 0.1) is 4.88 Å². The molecular formula is C21H23N5OS. The summed E-state index contributed by atoms with van der Waals surface area (Å²) in [6.07, 6.45) is 4.28. The van der Waals surface area contributed by atoms with Gasteiger partial charge in [0.15, 0.2) is 0 Å². The van der Waals surface area contributed by atoms with Crippen molar-refractivity contribution >= 4 is 39.1 Å². The van der Waals surface area contributed by atoms with Gasteiger partial charge >= 0.3 is 0 Å². The van der Waals surface area contributed by atoms with E-state index in [1.54, 1.807) is 11.3 Å². The highest BCUT2D eigenvalue weighted by Gasteiger charge is 2.25. The van der Waals surface area contributed by atoms with Crippen LogP contribution in [0.2, 0.25) is 0 Å². The minimum absolute atomic E-state index is 0.140. The quantitative estimate of drug-likeness (QED) is 0.684. The fourth-order valence-corrected chi connectivity index (χ4v) is 5.00. The van der Waals surface area contributed by atoms with E-state index in [0.717, 1.165) is 61.3 Å². The van der Waals surface area contributed by atoms with Gasteiger partial charge in [0.25, 0.3) is 5.91 Å². The third-order valence-corrected chi connectivity index (χ3v) is 6.65. The Morgan fingerprint density at radius 3 is 2.50 bits per heavy atom. The lowest BCUT2D eigenvalue weighted by molar-refractivity contribution is 0.0751. The summed E-state index contributed by atoms with van der Waals surface area (Å²) in [5.74, 6) is 1.94. The summed E-state index contributed by atoms with van der Waals surface area (Å²) in [7, 11) is 0. The lowest BCUT2D eigenvalue weighted by atomic mass is 10.2. The van der Waals surface area contributed by atoms with Crippen molar-refractivity contribution in [1.29, 1.82) is 0 Å². The molecule has 2 fully saturated rings. The average molecular weight is 394 g/mol. The van der Waals surface area contributed by atoms with E-state index in [0.29, 0.717) is 0 Å². The third kappa shape index (κ3) is 3.30. The Labute approximate surface area is 168 Å². The average Bonchev–Trinajstić information content (AvgIpc) is 3.43. The molecule has 2 saturated heterocycles. The van der Waals surface area contributed by atoms with Crippen molar-refractivity contribution < 1.29 is 4.79 Å². The molecule has 7 heteroatoms. The number of carbonyl (C=O) groups excluding carboxylic acids is 1. The molecule has 0 aliphatic carbocycles. The monoisotopic (exact) mass is 393 g/mol. The highest BCUT2D eigenvalue weighted by molar-refractivity contribution is 7.20. The maximum Gasteiger partial charge on any atom is 0.264 e. The maximum atomic E-state index is 12.9. The Hall–Kier alpha value is -2.67. The van der Waals surface area contributed by atoms with E-state index in [4.69, 9.17) is 4.98 Å². The second kappa shape index (κ2) is 7.39. The lowest BCUT2D eigenvalue weighted by Gasteiger charge is -2.35. The zero-order valence-corrected chi connectivity index (χ0v) is 16.6. The molecule has 0 spiro atoms. The van der Waals surface area contributed by atoms with Crippen molar-refractivity contribution in [3.63, 3.8) is 0 Å². The number of anilines is 2. The number of amides is 1. The Morgan fingerprint density at radius 1 is 0.929 bits per heavy atom. The van der Waals surface area contributed by atoms with Crippen LogP contribution in [0.5, 0.6) is 0 Å². The van der Waals surface area contributed by atoms with Crippen LogP contribution in [0.4, 0.5) is 11.8 Å². The summed E-state index contributed by atoms with van der Waals surface area (Å²) in [6.45, 7) is 5.12. The predicted molar refractivity (Wildman–Crippen MR) is 113 cm³/mol. The molecule has 3 aromatic rings. The van der Waals surface area contributed by atoms with Gasteiger partial charge in [0.1, 0.15) is 5.82 Å². The summed E-state index contributed by atoms with van der Waals surface area (Å²) in [5, 5.41) is 1.14. The van der Waals surface area contributed by atoms with Gasteiger partial charge in [0, 0.05) is 50.2 Å². The molecule has 1 aromatic carbocycles. The SMILES string of the molecule is O=C(c1cc2ccccc2s1)N1CCN(c2ccnc(N3CCCC3)n2)CC1. The molecule has 0 saturated carbocycles. The van der Waals surface area contributed by atoms with Crippen LogP contribution >= 0.6 is 11.3 Å².